The highest BCUT2D eigenvalue weighted by Gasteiger charge is 2.47. The number of ether oxygens (including phenoxy) is 6. The lowest BCUT2D eigenvalue weighted by atomic mass is 9.98. The molecule has 388 valence electrons. The van der Waals surface area contributed by atoms with E-state index in [2.05, 4.69) is 62.5 Å². The van der Waals surface area contributed by atoms with E-state index < -0.39 is 99.3 Å². The van der Waals surface area contributed by atoms with E-state index >= 15 is 0 Å². The Bertz CT molecular complexity index is 1350. The molecule has 15 nitrogen and oxygen atoms in total. The number of aliphatic hydroxyl groups is 7. The molecule has 2 aliphatic rings. The summed E-state index contributed by atoms with van der Waals surface area (Å²) in [5, 5.41) is 72.0. The molecule has 0 radical (unpaired) electrons. The average Bonchev–Trinajstić information content (AvgIpc) is 3.32. The first-order chi connectivity index (χ1) is 32.5. The topological polar surface area (TPSA) is 231 Å². The number of allylic oxidation sites excluding steroid dienone is 8. The van der Waals surface area contributed by atoms with Crippen LogP contribution in [0.2, 0.25) is 0 Å². The van der Waals surface area contributed by atoms with E-state index in [9.17, 15) is 45.3 Å². The highest BCUT2D eigenvalue weighted by Crippen LogP contribution is 2.26. The van der Waals surface area contributed by atoms with Gasteiger partial charge in [0.1, 0.15) is 55.4 Å². The lowest BCUT2D eigenvalue weighted by molar-refractivity contribution is -0.332. The summed E-state index contributed by atoms with van der Waals surface area (Å²) in [5.41, 5.74) is 0. The third kappa shape index (κ3) is 27.4. The smallest absolute Gasteiger partial charge is 0.306 e. The molecule has 11 unspecified atom stereocenters. The van der Waals surface area contributed by atoms with Gasteiger partial charge in [0.05, 0.1) is 19.8 Å². The van der Waals surface area contributed by atoms with Crippen LogP contribution >= 0.6 is 0 Å². The van der Waals surface area contributed by atoms with Crippen molar-refractivity contribution in [3.05, 3.63) is 48.6 Å². The Balaban J connectivity index is 1.81. The molecule has 15 heteroatoms. The van der Waals surface area contributed by atoms with Crippen molar-refractivity contribution in [2.24, 2.45) is 0 Å². The van der Waals surface area contributed by atoms with E-state index in [4.69, 9.17) is 28.4 Å². The van der Waals surface area contributed by atoms with Crippen LogP contribution < -0.4 is 0 Å². The monoisotopic (exact) mass is 955 g/mol. The summed E-state index contributed by atoms with van der Waals surface area (Å²) >= 11 is 0. The molecular weight excluding hydrogens is 865 g/mol. The molecule has 2 aliphatic heterocycles. The van der Waals surface area contributed by atoms with Crippen molar-refractivity contribution in [2.45, 2.75) is 242 Å². The van der Waals surface area contributed by atoms with Gasteiger partial charge < -0.3 is 64.2 Å². The molecule has 0 aromatic heterocycles. The number of hydrogen-bond donors (Lipinski definition) is 7. The zero-order valence-corrected chi connectivity index (χ0v) is 40.9. The number of rotatable bonds is 39. The van der Waals surface area contributed by atoms with Gasteiger partial charge in [0.25, 0.3) is 0 Å². The lowest BCUT2D eigenvalue weighted by Crippen LogP contribution is -2.61. The quantitative estimate of drug-likeness (QED) is 0.0185. The Morgan fingerprint density at radius 2 is 0.940 bits per heavy atom. The molecule has 0 amide bonds. The van der Waals surface area contributed by atoms with Gasteiger partial charge in [-0.15, -0.1) is 0 Å². The normalized spacial score (nSPS) is 26.3. The molecule has 0 saturated carbocycles. The van der Waals surface area contributed by atoms with Crippen LogP contribution in [0.4, 0.5) is 0 Å². The van der Waals surface area contributed by atoms with Gasteiger partial charge in [-0.2, -0.15) is 0 Å². The third-order valence-electron chi connectivity index (χ3n) is 12.0. The highest BCUT2D eigenvalue weighted by molar-refractivity contribution is 5.70. The second kappa shape index (κ2) is 39.2. The predicted octanol–water partition coefficient (Wildman–Crippen LogP) is 7.10. The van der Waals surface area contributed by atoms with Crippen LogP contribution in [0, 0.1) is 0 Å². The molecule has 2 fully saturated rings. The van der Waals surface area contributed by atoms with Crippen molar-refractivity contribution in [3.63, 3.8) is 0 Å². The zero-order chi connectivity index (χ0) is 48.9. The fourth-order valence-corrected chi connectivity index (χ4v) is 7.81. The number of hydrogen-bond acceptors (Lipinski definition) is 15. The summed E-state index contributed by atoms with van der Waals surface area (Å²) in [5.74, 6) is -0.965. The van der Waals surface area contributed by atoms with Crippen LogP contribution in [0.5, 0.6) is 0 Å². The van der Waals surface area contributed by atoms with Crippen LogP contribution in [-0.4, -0.2) is 142 Å². The van der Waals surface area contributed by atoms with Gasteiger partial charge in [0, 0.05) is 12.8 Å². The molecule has 2 rings (SSSR count). The molecule has 0 aliphatic carbocycles. The zero-order valence-electron chi connectivity index (χ0n) is 40.9. The first kappa shape index (κ1) is 60.6. The first-order valence-corrected chi connectivity index (χ1v) is 25.7. The van der Waals surface area contributed by atoms with Gasteiger partial charge in [-0.1, -0.05) is 140 Å². The fourth-order valence-electron chi connectivity index (χ4n) is 7.81. The Morgan fingerprint density at radius 1 is 0.493 bits per heavy atom. The maximum Gasteiger partial charge on any atom is 0.306 e. The van der Waals surface area contributed by atoms with Gasteiger partial charge in [0.15, 0.2) is 18.7 Å². The van der Waals surface area contributed by atoms with E-state index in [-0.39, 0.29) is 19.4 Å². The summed E-state index contributed by atoms with van der Waals surface area (Å²) in [6, 6.07) is 0. The molecule has 67 heavy (non-hydrogen) atoms. The maximum absolute atomic E-state index is 13.0. The minimum Gasteiger partial charge on any atom is -0.462 e. The number of carbonyl (C=O) groups excluding carboxylic acids is 2. The van der Waals surface area contributed by atoms with E-state index in [0.29, 0.717) is 12.8 Å². The van der Waals surface area contributed by atoms with E-state index in [1.807, 2.05) is 0 Å². The largest absolute Gasteiger partial charge is 0.462 e. The van der Waals surface area contributed by atoms with Crippen molar-refractivity contribution in [1.82, 2.24) is 0 Å². The molecule has 2 heterocycles. The first-order valence-electron chi connectivity index (χ1n) is 25.7. The Hall–Kier alpha value is -2.54. The van der Waals surface area contributed by atoms with E-state index in [1.54, 1.807) is 0 Å². The van der Waals surface area contributed by atoms with Crippen molar-refractivity contribution in [3.8, 4) is 0 Å². The molecule has 0 spiro atoms. The minimum atomic E-state index is -1.77. The number of esters is 2. The second-order valence-electron chi connectivity index (χ2n) is 18.0. The summed E-state index contributed by atoms with van der Waals surface area (Å²) in [6.45, 7) is 2.43. The van der Waals surface area contributed by atoms with Gasteiger partial charge in [-0.05, 0) is 70.6 Å². The standard InChI is InChI=1S/C52H90O15/c1-3-5-7-9-11-13-15-17-18-19-20-21-23-24-26-28-30-32-34-43(54)62-37-40(65-44(55)35-33-31-29-27-25-22-16-14-12-10-8-6-4-2)38-63-51-50(61)48(59)46(57)42(67-51)39-64-52-49(60)47(58)45(56)41(36-53)66-52/h6,8,12,14,18-19,22,25,40-42,45-53,56-61H,3-5,7,9-11,13,15-17,20-21,23-24,26-39H2,1-2H3/b8-6-,14-12-,19-18-,25-22-. The minimum absolute atomic E-state index is 0.128. The maximum atomic E-state index is 13.0. The van der Waals surface area contributed by atoms with Gasteiger partial charge in [0.2, 0.25) is 0 Å². The summed E-state index contributed by atoms with van der Waals surface area (Å²) in [6.07, 6.45) is 25.8. The summed E-state index contributed by atoms with van der Waals surface area (Å²) in [4.78, 5) is 25.7. The van der Waals surface area contributed by atoms with E-state index in [0.717, 1.165) is 70.6 Å². The molecular formula is C52H90O15. The highest BCUT2D eigenvalue weighted by atomic mass is 16.7. The predicted molar refractivity (Wildman–Crippen MR) is 257 cm³/mol. The van der Waals surface area contributed by atoms with Crippen LogP contribution in [0.3, 0.4) is 0 Å². The SMILES string of the molecule is CC/C=C\C/C=C\C/C=C\CCCCCC(=O)OC(COC(=O)CCCCCCCCC/C=C\CCCCCCCCC)COC1OC(COC2OC(CO)C(O)C(O)C2O)C(O)C(O)C1O. The van der Waals surface area contributed by atoms with Crippen molar-refractivity contribution in [2.75, 3.05) is 26.4 Å². The Morgan fingerprint density at radius 3 is 1.51 bits per heavy atom. The summed E-state index contributed by atoms with van der Waals surface area (Å²) in [7, 11) is 0. The van der Waals surface area contributed by atoms with E-state index in [1.165, 1.54) is 64.2 Å². The number of carbonyl (C=O) groups is 2. The lowest BCUT2D eigenvalue weighted by Gasteiger charge is -2.42. The number of unbranched alkanes of at least 4 members (excludes halogenated alkanes) is 17. The fraction of sp³-hybridized carbons (Fsp3) is 0.808. The molecule has 0 aromatic carbocycles. The van der Waals surface area contributed by atoms with Gasteiger partial charge >= 0.3 is 11.9 Å². The molecule has 11 atom stereocenters. The van der Waals surface area contributed by atoms with Crippen LogP contribution in [0.25, 0.3) is 0 Å². The Labute approximate surface area is 401 Å². The van der Waals surface area contributed by atoms with Gasteiger partial charge in [-0.25, -0.2) is 0 Å². The average molecular weight is 955 g/mol. The molecule has 2 saturated heterocycles. The third-order valence-corrected chi connectivity index (χ3v) is 12.0. The van der Waals surface area contributed by atoms with Crippen molar-refractivity contribution >= 4 is 11.9 Å². The molecule has 0 aromatic rings. The second-order valence-corrected chi connectivity index (χ2v) is 18.0. The van der Waals surface area contributed by atoms with Crippen LogP contribution in [0.1, 0.15) is 174 Å². The van der Waals surface area contributed by atoms with Crippen molar-refractivity contribution < 1.29 is 73.8 Å². The molecule has 7 N–H and O–H groups in total. The van der Waals surface area contributed by atoms with Gasteiger partial charge in [-0.3, -0.25) is 9.59 Å². The summed E-state index contributed by atoms with van der Waals surface area (Å²) < 4.78 is 33.5. The van der Waals surface area contributed by atoms with Crippen LogP contribution in [-0.2, 0) is 38.0 Å². The number of aliphatic hydroxyl groups excluding tert-OH is 7. The molecule has 0 bridgehead atoms. The van der Waals surface area contributed by atoms with Crippen LogP contribution in [0.15, 0.2) is 48.6 Å². The Kier molecular flexibility index (Phi) is 35.5. The van der Waals surface area contributed by atoms with Crippen molar-refractivity contribution in [1.29, 1.82) is 0 Å².